The molecule has 0 rings (SSSR count). The van der Waals surface area contributed by atoms with Crippen molar-refractivity contribution in [2.24, 2.45) is 0 Å². The van der Waals surface area contributed by atoms with E-state index in [-0.39, 0.29) is 11.6 Å². The summed E-state index contributed by atoms with van der Waals surface area (Å²) in [6.07, 6.45) is 8.80. The molecular formula is C21H36O2Si2. The van der Waals surface area contributed by atoms with Crippen molar-refractivity contribution >= 4 is 27.7 Å². The molecular weight excluding hydrogens is 340 g/mol. The first kappa shape index (κ1) is 23.9. The van der Waals surface area contributed by atoms with Crippen LogP contribution in [0.5, 0.6) is 0 Å². The van der Waals surface area contributed by atoms with E-state index in [0.29, 0.717) is 12.8 Å². The van der Waals surface area contributed by atoms with E-state index in [2.05, 4.69) is 62.2 Å². The van der Waals surface area contributed by atoms with Crippen LogP contribution in [0, 0.1) is 22.9 Å². The maximum absolute atomic E-state index is 11.7. The van der Waals surface area contributed by atoms with Gasteiger partial charge < -0.3 is 0 Å². The highest BCUT2D eigenvalue weighted by Crippen LogP contribution is 2.10. The molecule has 0 aromatic heterocycles. The Morgan fingerprint density at radius 2 is 0.840 bits per heavy atom. The van der Waals surface area contributed by atoms with Gasteiger partial charge in [-0.2, -0.15) is 0 Å². The van der Waals surface area contributed by atoms with Gasteiger partial charge in [-0.25, -0.2) is 0 Å². The van der Waals surface area contributed by atoms with Gasteiger partial charge in [-0.05, 0) is 24.7 Å². The molecule has 0 aromatic rings. The van der Waals surface area contributed by atoms with Gasteiger partial charge in [-0.1, -0.05) is 71.4 Å². The van der Waals surface area contributed by atoms with E-state index in [9.17, 15) is 9.59 Å². The molecule has 0 aromatic carbocycles. The van der Waals surface area contributed by atoms with Gasteiger partial charge in [-0.3, -0.25) is 9.59 Å². The first-order chi connectivity index (χ1) is 11.5. The van der Waals surface area contributed by atoms with E-state index in [4.69, 9.17) is 0 Å². The van der Waals surface area contributed by atoms with E-state index >= 15 is 0 Å². The van der Waals surface area contributed by atoms with Gasteiger partial charge in [-0.15, -0.1) is 11.1 Å². The second kappa shape index (κ2) is 12.3. The van der Waals surface area contributed by atoms with Crippen molar-refractivity contribution in [1.82, 2.24) is 0 Å². The first-order valence-electron chi connectivity index (χ1n) is 9.62. The van der Waals surface area contributed by atoms with Gasteiger partial charge in [0.15, 0.2) is 0 Å². The van der Waals surface area contributed by atoms with Crippen molar-refractivity contribution < 1.29 is 9.59 Å². The SMILES string of the molecule is C[Si](C)(C)C#CC(=O)CCCCCCCCCC(=O)C#C[Si](C)(C)C. The van der Waals surface area contributed by atoms with E-state index in [1.807, 2.05) is 0 Å². The number of carbonyl (C=O) groups is 2. The molecule has 0 unspecified atom stereocenters. The minimum Gasteiger partial charge on any atom is -0.285 e. The molecule has 0 N–H and O–H groups in total. The summed E-state index contributed by atoms with van der Waals surface area (Å²) in [5.41, 5.74) is 6.25. The Labute approximate surface area is 157 Å². The second-order valence-corrected chi connectivity index (χ2v) is 18.3. The number of rotatable bonds is 10. The highest BCUT2D eigenvalue weighted by molar-refractivity contribution is 6.84. The molecule has 0 amide bonds. The van der Waals surface area contributed by atoms with Crippen LogP contribution in [0.3, 0.4) is 0 Å². The second-order valence-electron chi connectivity index (χ2n) is 8.82. The fourth-order valence-electron chi connectivity index (χ4n) is 2.09. The summed E-state index contributed by atoms with van der Waals surface area (Å²) in [6.45, 7) is 12.9. The summed E-state index contributed by atoms with van der Waals surface area (Å²) < 4.78 is 0. The Hall–Kier alpha value is -1.11. The Balaban J connectivity index is 3.59. The third-order valence-electron chi connectivity index (χ3n) is 3.46. The van der Waals surface area contributed by atoms with Crippen LogP contribution in [0.2, 0.25) is 39.3 Å². The normalized spacial score (nSPS) is 11.1. The first-order valence-corrected chi connectivity index (χ1v) is 16.6. The Kier molecular flexibility index (Phi) is 11.7. The van der Waals surface area contributed by atoms with Crippen molar-refractivity contribution in [1.29, 1.82) is 0 Å². The average Bonchev–Trinajstić information content (AvgIpc) is 2.48. The van der Waals surface area contributed by atoms with Gasteiger partial charge in [0.05, 0.1) is 0 Å². The zero-order chi connectivity index (χ0) is 19.3. The van der Waals surface area contributed by atoms with E-state index < -0.39 is 16.1 Å². The summed E-state index contributed by atoms with van der Waals surface area (Å²) in [5.74, 6) is 5.80. The number of hydrogen-bond acceptors (Lipinski definition) is 2. The molecule has 140 valence electrons. The van der Waals surface area contributed by atoms with E-state index in [1.165, 1.54) is 6.42 Å². The Morgan fingerprint density at radius 1 is 0.560 bits per heavy atom. The maximum Gasteiger partial charge on any atom is 0.204 e. The Bertz CT molecular complexity index is 493. The van der Waals surface area contributed by atoms with Crippen LogP contribution in [0.1, 0.15) is 57.8 Å². The van der Waals surface area contributed by atoms with Gasteiger partial charge in [0.2, 0.25) is 11.6 Å². The predicted molar refractivity (Wildman–Crippen MR) is 114 cm³/mol. The van der Waals surface area contributed by atoms with Crippen LogP contribution in [-0.2, 0) is 9.59 Å². The van der Waals surface area contributed by atoms with Crippen molar-refractivity contribution in [3.05, 3.63) is 0 Å². The van der Waals surface area contributed by atoms with Gasteiger partial charge in [0.25, 0.3) is 0 Å². The fraction of sp³-hybridized carbons (Fsp3) is 0.714. The van der Waals surface area contributed by atoms with Crippen molar-refractivity contribution in [2.75, 3.05) is 0 Å². The van der Waals surface area contributed by atoms with E-state index in [1.54, 1.807) is 0 Å². The fourth-order valence-corrected chi connectivity index (χ4v) is 3.12. The maximum atomic E-state index is 11.7. The summed E-state index contributed by atoms with van der Waals surface area (Å²) in [4.78, 5) is 23.3. The van der Waals surface area contributed by atoms with Crippen LogP contribution in [0.25, 0.3) is 0 Å². The molecule has 0 spiro atoms. The zero-order valence-electron chi connectivity index (χ0n) is 17.2. The van der Waals surface area contributed by atoms with Crippen LogP contribution in [0.15, 0.2) is 0 Å². The number of carbonyl (C=O) groups excluding carboxylic acids is 2. The lowest BCUT2D eigenvalue weighted by Gasteiger charge is -2.03. The largest absolute Gasteiger partial charge is 0.285 e. The molecule has 0 atom stereocenters. The van der Waals surface area contributed by atoms with Gasteiger partial charge in [0.1, 0.15) is 16.1 Å². The zero-order valence-corrected chi connectivity index (χ0v) is 19.2. The summed E-state index contributed by atoms with van der Waals surface area (Å²) in [7, 11) is -2.86. The molecule has 4 heteroatoms. The van der Waals surface area contributed by atoms with Crippen molar-refractivity contribution in [2.45, 2.75) is 97.1 Å². The van der Waals surface area contributed by atoms with Crippen molar-refractivity contribution in [3.8, 4) is 22.9 Å². The number of hydrogen-bond donors (Lipinski definition) is 0. The molecule has 0 bridgehead atoms. The number of unbranched alkanes of at least 4 members (excludes halogenated alkanes) is 6. The topological polar surface area (TPSA) is 34.1 Å². The van der Waals surface area contributed by atoms with E-state index in [0.717, 1.165) is 38.5 Å². The predicted octanol–water partition coefficient (Wildman–Crippen LogP) is 5.40. The Morgan fingerprint density at radius 3 is 1.12 bits per heavy atom. The summed E-state index contributed by atoms with van der Waals surface area (Å²) in [5, 5.41) is 0. The molecule has 0 aliphatic rings. The molecule has 0 aliphatic carbocycles. The minimum atomic E-state index is -1.43. The van der Waals surface area contributed by atoms with Gasteiger partial charge >= 0.3 is 0 Å². The smallest absolute Gasteiger partial charge is 0.204 e. The minimum absolute atomic E-state index is 0.0976. The molecule has 0 aliphatic heterocycles. The third kappa shape index (κ3) is 19.1. The van der Waals surface area contributed by atoms with Crippen molar-refractivity contribution in [3.63, 3.8) is 0 Å². The summed E-state index contributed by atoms with van der Waals surface area (Å²) in [6, 6.07) is 0. The van der Waals surface area contributed by atoms with Gasteiger partial charge in [0, 0.05) is 12.8 Å². The highest BCUT2D eigenvalue weighted by Gasteiger charge is 2.09. The molecule has 0 saturated carbocycles. The molecule has 0 fully saturated rings. The number of ketones is 2. The molecule has 25 heavy (non-hydrogen) atoms. The third-order valence-corrected chi connectivity index (χ3v) is 5.21. The van der Waals surface area contributed by atoms with Crippen LogP contribution in [-0.4, -0.2) is 27.7 Å². The summed E-state index contributed by atoms with van der Waals surface area (Å²) >= 11 is 0. The molecule has 2 nitrogen and oxygen atoms in total. The highest BCUT2D eigenvalue weighted by atomic mass is 28.3. The lowest BCUT2D eigenvalue weighted by molar-refractivity contribution is -0.114. The van der Waals surface area contributed by atoms with Crippen LogP contribution in [0.4, 0.5) is 0 Å². The molecule has 0 saturated heterocycles. The average molecular weight is 377 g/mol. The molecule has 0 heterocycles. The lowest BCUT2D eigenvalue weighted by Crippen LogP contribution is -2.17. The standard InChI is InChI=1S/C21H36O2Si2/c1-24(2,3)18-16-20(22)14-12-10-8-7-9-11-13-15-21(23)17-19-25(4,5)6/h7-15H2,1-6H3. The van der Waals surface area contributed by atoms with Crippen LogP contribution < -0.4 is 0 Å². The molecule has 0 radical (unpaired) electrons. The number of Topliss-reactive ketones (excluding diaryl/α,β-unsaturated/α-hetero) is 2. The van der Waals surface area contributed by atoms with Crippen LogP contribution >= 0.6 is 0 Å². The lowest BCUT2D eigenvalue weighted by atomic mass is 10.1. The monoisotopic (exact) mass is 376 g/mol. The quantitative estimate of drug-likeness (QED) is 0.291.